The Morgan fingerprint density at radius 3 is 2.70 bits per heavy atom. The van der Waals surface area contributed by atoms with E-state index in [1.807, 2.05) is 13.1 Å². The van der Waals surface area contributed by atoms with Gasteiger partial charge in [0.25, 0.3) is 0 Å². The fourth-order valence-corrected chi connectivity index (χ4v) is 2.64. The number of rotatable bonds is 5. The van der Waals surface area contributed by atoms with Crippen LogP contribution in [-0.2, 0) is 6.42 Å². The predicted molar refractivity (Wildman–Crippen MR) is 83.0 cm³/mol. The summed E-state index contributed by atoms with van der Waals surface area (Å²) in [5.41, 5.74) is 3.10. The maximum absolute atomic E-state index is 13.9. The molecule has 2 aromatic carbocycles. The highest BCUT2D eigenvalue weighted by Gasteiger charge is 2.14. The fraction of sp³-hybridized carbons (Fsp3) is 0.294. The monoisotopic (exact) mass is 291 g/mol. The van der Waals surface area contributed by atoms with Crippen LogP contribution >= 0.6 is 11.6 Å². The summed E-state index contributed by atoms with van der Waals surface area (Å²) < 4.78 is 13.9. The van der Waals surface area contributed by atoms with E-state index in [-0.39, 0.29) is 11.7 Å². The first-order chi connectivity index (χ1) is 9.60. The molecule has 0 aliphatic rings. The molecule has 106 valence electrons. The van der Waals surface area contributed by atoms with Crippen molar-refractivity contribution < 1.29 is 4.39 Å². The minimum absolute atomic E-state index is 0.192. The highest BCUT2D eigenvalue weighted by Crippen LogP contribution is 2.24. The van der Waals surface area contributed by atoms with Gasteiger partial charge in [-0.1, -0.05) is 41.4 Å². The van der Waals surface area contributed by atoms with Gasteiger partial charge >= 0.3 is 0 Å². The topological polar surface area (TPSA) is 12.0 Å². The fourth-order valence-electron chi connectivity index (χ4n) is 2.44. The lowest BCUT2D eigenvalue weighted by Crippen LogP contribution is -2.19. The Morgan fingerprint density at radius 1 is 1.20 bits per heavy atom. The minimum Gasteiger partial charge on any atom is -0.319 e. The van der Waals surface area contributed by atoms with Crippen molar-refractivity contribution in [2.75, 3.05) is 13.6 Å². The van der Waals surface area contributed by atoms with Gasteiger partial charge in [-0.25, -0.2) is 4.39 Å². The van der Waals surface area contributed by atoms with E-state index in [2.05, 4.69) is 30.4 Å². The zero-order chi connectivity index (χ0) is 14.5. The van der Waals surface area contributed by atoms with Gasteiger partial charge in [-0.2, -0.15) is 0 Å². The van der Waals surface area contributed by atoms with Gasteiger partial charge in [-0.3, -0.25) is 0 Å². The zero-order valence-corrected chi connectivity index (χ0v) is 12.5. The van der Waals surface area contributed by atoms with Crippen LogP contribution in [0.5, 0.6) is 0 Å². The van der Waals surface area contributed by atoms with Crippen LogP contribution in [0.1, 0.15) is 22.6 Å². The van der Waals surface area contributed by atoms with E-state index < -0.39 is 0 Å². The molecule has 0 spiro atoms. The Morgan fingerprint density at radius 2 is 2.00 bits per heavy atom. The lowest BCUT2D eigenvalue weighted by Gasteiger charge is -2.18. The van der Waals surface area contributed by atoms with Crippen molar-refractivity contribution in [1.29, 1.82) is 0 Å². The van der Waals surface area contributed by atoms with Gasteiger partial charge in [0.05, 0.1) is 0 Å². The van der Waals surface area contributed by atoms with Crippen LogP contribution in [0.15, 0.2) is 42.5 Å². The van der Waals surface area contributed by atoms with Gasteiger partial charge in [0.2, 0.25) is 0 Å². The molecule has 0 bridgehead atoms. The number of likely N-dealkylation sites (N-methyl/N-ethyl adjacent to an activating group) is 1. The van der Waals surface area contributed by atoms with Gasteiger partial charge < -0.3 is 5.32 Å². The van der Waals surface area contributed by atoms with Crippen LogP contribution < -0.4 is 5.32 Å². The van der Waals surface area contributed by atoms with Crippen molar-refractivity contribution in [2.24, 2.45) is 0 Å². The van der Waals surface area contributed by atoms with Gasteiger partial charge in [0.1, 0.15) is 5.82 Å². The summed E-state index contributed by atoms with van der Waals surface area (Å²) in [4.78, 5) is 0. The van der Waals surface area contributed by atoms with Crippen LogP contribution in [0.4, 0.5) is 4.39 Å². The quantitative estimate of drug-likeness (QED) is 0.864. The maximum atomic E-state index is 13.9. The van der Waals surface area contributed by atoms with Gasteiger partial charge in [0.15, 0.2) is 0 Å². The second-order valence-corrected chi connectivity index (χ2v) is 5.55. The number of halogens is 2. The van der Waals surface area contributed by atoms with Crippen molar-refractivity contribution in [3.05, 3.63) is 70.0 Å². The highest BCUT2D eigenvalue weighted by atomic mass is 35.5. The smallest absolute Gasteiger partial charge is 0.126 e. The van der Waals surface area contributed by atoms with Crippen molar-refractivity contribution >= 4 is 11.6 Å². The summed E-state index contributed by atoms with van der Waals surface area (Å²) in [6.45, 7) is 2.87. The van der Waals surface area contributed by atoms with Crippen molar-refractivity contribution in [3.63, 3.8) is 0 Å². The van der Waals surface area contributed by atoms with E-state index in [0.29, 0.717) is 17.0 Å². The van der Waals surface area contributed by atoms with Crippen LogP contribution in [0.25, 0.3) is 0 Å². The number of benzene rings is 2. The van der Waals surface area contributed by atoms with Crippen molar-refractivity contribution in [2.45, 2.75) is 19.3 Å². The molecule has 0 amide bonds. The molecule has 0 saturated carbocycles. The molecular formula is C17H19ClFN. The summed E-state index contributed by atoms with van der Waals surface area (Å²) in [6, 6.07) is 13.1. The van der Waals surface area contributed by atoms with E-state index in [4.69, 9.17) is 11.6 Å². The third-order valence-electron chi connectivity index (χ3n) is 3.44. The molecule has 0 aliphatic carbocycles. The molecule has 1 N–H and O–H groups in total. The molecule has 2 rings (SSSR count). The minimum atomic E-state index is -0.192. The van der Waals surface area contributed by atoms with Crippen LogP contribution in [0.3, 0.4) is 0 Å². The molecule has 1 unspecified atom stereocenters. The molecule has 1 nitrogen and oxygen atoms in total. The maximum Gasteiger partial charge on any atom is 0.126 e. The normalized spacial score (nSPS) is 12.4. The van der Waals surface area contributed by atoms with E-state index >= 15 is 0 Å². The van der Waals surface area contributed by atoms with E-state index in [0.717, 1.165) is 6.54 Å². The second-order valence-electron chi connectivity index (χ2n) is 5.11. The van der Waals surface area contributed by atoms with E-state index in [1.54, 1.807) is 12.1 Å². The number of hydrogen-bond donors (Lipinski definition) is 1. The number of aryl methyl sites for hydroxylation is 1. The summed E-state index contributed by atoms with van der Waals surface area (Å²) in [6.07, 6.45) is 0.636. The molecule has 0 heterocycles. The standard InChI is InChI=1S/C17H19ClFN/c1-12-4-3-5-13(8-12)15(11-20-2)9-14-10-16(18)6-7-17(14)19/h3-8,10,15,20H,9,11H2,1-2H3. The third-order valence-corrected chi connectivity index (χ3v) is 3.67. The van der Waals surface area contributed by atoms with Crippen molar-refractivity contribution in [1.82, 2.24) is 5.32 Å². The van der Waals surface area contributed by atoms with Crippen LogP contribution in [-0.4, -0.2) is 13.6 Å². The first-order valence-corrected chi connectivity index (χ1v) is 7.13. The zero-order valence-electron chi connectivity index (χ0n) is 11.8. The largest absolute Gasteiger partial charge is 0.319 e. The molecule has 20 heavy (non-hydrogen) atoms. The van der Waals surface area contributed by atoms with Gasteiger partial charge in [-0.15, -0.1) is 0 Å². The van der Waals surface area contributed by atoms with Gasteiger partial charge in [-0.05, 0) is 49.7 Å². The molecule has 0 fully saturated rings. The molecule has 2 aromatic rings. The molecular weight excluding hydrogens is 273 g/mol. The lowest BCUT2D eigenvalue weighted by molar-refractivity contribution is 0.574. The van der Waals surface area contributed by atoms with Gasteiger partial charge in [0, 0.05) is 17.5 Å². The number of hydrogen-bond acceptors (Lipinski definition) is 1. The molecule has 0 saturated heterocycles. The average Bonchev–Trinajstić information content (AvgIpc) is 2.42. The Bertz CT molecular complexity index is 583. The average molecular weight is 292 g/mol. The first kappa shape index (κ1) is 15.0. The third kappa shape index (κ3) is 3.81. The van der Waals surface area contributed by atoms with Crippen LogP contribution in [0, 0.1) is 12.7 Å². The summed E-state index contributed by atoms with van der Waals surface area (Å²) in [5, 5.41) is 3.76. The molecule has 0 aliphatic heterocycles. The molecule has 3 heteroatoms. The second kappa shape index (κ2) is 6.87. The first-order valence-electron chi connectivity index (χ1n) is 6.75. The summed E-state index contributed by atoms with van der Waals surface area (Å²) in [5.74, 6) is 0.0380. The van der Waals surface area contributed by atoms with Crippen LogP contribution in [0.2, 0.25) is 5.02 Å². The highest BCUT2D eigenvalue weighted by molar-refractivity contribution is 6.30. The van der Waals surface area contributed by atoms with E-state index in [9.17, 15) is 4.39 Å². The van der Waals surface area contributed by atoms with E-state index in [1.165, 1.54) is 17.2 Å². The predicted octanol–water partition coefficient (Wildman–Crippen LogP) is 4.33. The Hall–Kier alpha value is -1.38. The molecule has 0 aromatic heterocycles. The Labute approximate surface area is 124 Å². The molecule has 1 atom stereocenters. The lowest BCUT2D eigenvalue weighted by atomic mass is 9.91. The Balaban J connectivity index is 2.27. The molecule has 0 radical (unpaired) electrons. The summed E-state index contributed by atoms with van der Waals surface area (Å²) in [7, 11) is 1.91. The SMILES string of the molecule is CNCC(Cc1cc(Cl)ccc1F)c1cccc(C)c1. The van der Waals surface area contributed by atoms with Crippen molar-refractivity contribution in [3.8, 4) is 0 Å². The Kier molecular flexibility index (Phi) is 5.16. The number of nitrogens with one attached hydrogen (secondary N) is 1. The summed E-state index contributed by atoms with van der Waals surface area (Å²) >= 11 is 5.97.